The Hall–Kier alpha value is -1.29. The van der Waals surface area contributed by atoms with Crippen molar-refractivity contribution in [1.82, 2.24) is 18.6 Å². The Kier molecular flexibility index (Phi) is 5.26. The van der Waals surface area contributed by atoms with Crippen molar-refractivity contribution in [3.8, 4) is 0 Å². The van der Waals surface area contributed by atoms with Crippen LogP contribution < -0.4 is 4.90 Å². The third-order valence-electron chi connectivity index (χ3n) is 5.66. The monoisotopic (exact) mass is 383 g/mol. The van der Waals surface area contributed by atoms with Crippen LogP contribution in [0.3, 0.4) is 0 Å². The van der Waals surface area contributed by atoms with Gasteiger partial charge in [0, 0.05) is 58.0 Å². The van der Waals surface area contributed by atoms with Crippen LogP contribution in [0, 0.1) is 12.8 Å². The molecule has 1 aromatic rings. The van der Waals surface area contributed by atoms with E-state index in [2.05, 4.69) is 21.8 Å². The van der Waals surface area contributed by atoms with Crippen LogP contribution in [0.5, 0.6) is 0 Å². The molecule has 0 spiro atoms. The number of aromatic nitrogens is 2. The first-order valence-corrected chi connectivity index (χ1v) is 10.5. The molecule has 9 heteroatoms. The maximum absolute atomic E-state index is 12.5. The average molecular weight is 384 g/mol. The molecule has 2 atom stereocenters. The fourth-order valence-electron chi connectivity index (χ4n) is 3.91. The molecule has 8 nitrogen and oxygen atoms in total. The summed E-state index contributed by atoms with van der Waals surface area (Å²) in [5, 5.41) is 11.1. The van der Waals surface area contributed by atoms with Gasteiger partial charge in [-0.1, -0.05) is 6.92 Å². The first-order valence-electron chi connectivity index (χ1n) is 9.15. The Bertz CT molecular complexity index is 770. The number of fused-ring (bicyclic) bond motifs is 1. The smallest absolute Gasteiger partial charge is 0.281 e. The molecule has 0 radical (unpaired) electrons. The van der Waals surface area contributed by atoms with Crippen LogP contribution in [0.1, 0.15) is 31.2 Å². The van der Waals surface area contributed by atoms with Gasteiger partial charge >= 0.3 is 0 Å². The minimum Gasteiger partial charge on any atom is -0.389 e. The van der Waals surface area contributed by atoms with Crippen molar-refractivity contribution in [2.75, 3.05) is 45.2 Å². The number of anilines is 1. The second kappa shape index (κ2) is 7.03. The number of aliphatic hydroxyl groups is 1. The van der Waals surface area contributed by atoms with Gasteiger partial charge in [-0.2, -0.15) is 17.0 Å². The molecule has 1 aromatic heterocycles. The highest BCUT2D eigenvalue weighted by Gasteiger charge is 2.48. The molecule has 3 heterocycles. The van der Waals surface area contributed by atoms with Crippen LogP contribution in [0.15, 0.2) is 6.20 Å². The van der Waals surface area contributed by atoms with Gasteiger partial charge in [-0.25, -0.2) is 9.97 Å². The lowest BCUT2D eigenvalue weighted by atomic mass is 9.76. The van der Waals surface area contributed by atoms with Gasteiger partial charge in [-0.3, -0.25) is 0 Å². The summed E-state index contributed by atoms with van der Waals surface area (Å²) in [6, 6.07) is 0. The largest absolute Gasteiger partial charge is 0.389 e. The molecule has 26 heavy (non-hydrogen) atoms. The van der Waals surface area contributed by atoms with Crippen molar-refractivity contribution in [2.24, 2.45) is 5.92 Å². The molecule has 0 amide bonds. The topological polar surface area (TPSA) is 89.9 Å². The van der Waals surface area contributed by atoms with Gasteiger partial charge < -0.3 is 10.0 Å². The van der Waals surface area contributed by atoms with Gasteiger partial charge in [0.1, 0.15) is 11.6 Å². The SMILES string of the molecule is CCc1cnc(C)nc1N1CC[C@]2(O)CCN(S(=O)(=O)N(C)C)C[C@@H]2C1. The quantitative estimate of drug-likeness (QED) is 0.810. The van der Waals surface area contributed by atoms with E-state index in [1.165, 1.54) is 8.61 Å². The number of rotatable bonds is 4. The lowest BCUT2D eigenvalue weighted by Crippen LogP contribution is -2.61. The number of hydrogen-bond acceptors (Lipinski definition) is 6. The van der Waals surface area contributed by atoms with Crippen LogP contribution in [-0.2, 0) is 16.6 Å². The third-order valence-corrected chi connectivity index (χ3v) is 7.57. The zero-order valence-corrected chi connectivity index (χ0v) is 16.8. The van der Waals surface area contributed by atoms with E-state index < -0.39 is 15.8 Å². The molecule has 2 aliphatic heterocycles. The Labute approximate surface area is 156 Å². The van der Waals surface area contributed by atoms with Gasteiger partial charge in [0.25, 0.3) is 10.2 Å². The third kappa shape index (κ3) is 3.45. The van der Waals surface area contributed by atoms with Gasteiger partial charge in [-0.15, -0.1) is 0 Å². The number of nitrogens with zero attached hydrogens (tertiary/aromatic N) is 5. The summed E-state index contributed by atoms with van der Waals surface area (Å²) in [7, 11) is -0.383. The van der Waals surface area contributed by atoms with E-state index in [9.17, 15) is 13.5 Å². The first-order chi connectivity index (χ1) is 12.2. The van der Waals surface area contributed by atoms with Crippen molar-refractivity contribution in [3.05, 3.63) is 17.6 Å². The zero-order valence-electron chi connectivity index (χ0n) is 16.0. The number of piperidine rings is 2. The Morgan fingerprint density at radius 2 is 2.00 bits per heavy atom. The summed E-state index contributed by atoms with van der Waals surface area (Å²) in [6.07, 6.45) is 3.80. The lowest BCUT2D eigenvalue weighted by molar-refractivity contribution is -0.0695. The van der Waals surface area contributed by atoms with Gasteiger partial charge in [0.2, 0.25) is 0 Å². The first kappa shape index (κ1) is 19.5. The van der Waals surface area contributed by atoms with E-state index >= 15 is 0 Å². The molecule has 0 saturated carbocycles. The zero-order chi connectivity index (χ0) is 19.1. The fourth-order valence-corrected chi connectivity index (χ4v) is 5.06. The van der Waals surface area contributed by atoms with E-state index in [0.29, 0.717) is 32.5 Å². The Balaban J connectivity index is 1.84. The molecule has 2 aliphatic rings. The maximum Gasteiger partial charge on any atom is 0.281 e. The molecule has 146 valence electrons. The molecule has 2 saturated heterocycles. The Morgan fingerprint density at radius 3 is 2.65 bits per heavy atom. The average Bonchev–Trinajstić information content (AvgIpc) is 2.60. The highest BCUT2D eigenvalue weighted by Crippen LogP contribution is 2.38. The van der Waals surface area contributed by atoms with Crippen LogP contribution in [0.25, 0.3) is 0 Å². The van der Waals surface area contributed by atoms with Gasteiger partial charge in [0.05, 0.1) is 5.60 Å². The summed E-state index contributed by atoms with van der Waals surface area (Å²) >= 11 is 0. The van der Waals surface area contributed by atoms with E-state index in [1.54, 1.807) is 14.1 Å². The lowest BCUT2D eigenvalue weighted by Gasteiger charge is -2.50. The van der Waals surface area contributed by atoms with E-state index in [1.807, 2.05) is 13.1 Å². The van der Waals surface area contributed by atoms with Crippen LogP contribution in [-0.4, -0.2) is 78.0 Å². The van der Waals surface area contributed by atoms with Crippen LogP contribution in [0.2, 0.25) is 0 Å². The van der Waals surface area contributed by atoms with Crippen molar-refractivity contribution in [1.29, 1.82) is 0 Å². The molecule has 0 aliphatic carbocycles. The van der Waals surface area contributed by atoms with Crippen LogP contribution >= 0.6 is 0 Å². The maximum atomic E-state index is 12.5. The van der Waals surface area contributed by atoms with Crippen molar-refractivity contribution in [2.45, 2.75) is 38.7 Å². The van der Waals surface area contributed by atoms with E-state index in [4.69, 9.17) is 0 Å². The molecule has 0 unspecified atom stereocenters. The van der Waals surface area contributed by atoms with Crippen molar-refractivity contribution < 1.29 is 13.5 Å². The van der Waals surface area contributed by atoms with E-state index in [0.717, 1.165) is 30.2 Å². The van der Waals surface area contributed by atoms with E-state index in [-0.39, 0.29) is 5.92 Å². The summed E-state index contributed by atoms with van der Waals surface area (Å²) < 4.78 is 27.7. The highest BCUT2D eigenvalue weighted by atomic mass is 32.2. The van der Waals surface area contributed by atoms with Crippen molar-refractivity contribution in [3.63, 3.8) is 0 Å². The summed E-state index contributed by atoms with van der Waals surface area (Å²) in [6.45, 7) is 5.95. The predicted molar refractivity (Wildman–Crippen MR) is 100 cm³/mol. The van der Waals surface area contributed by atoms with Crippen molar-refractivity contribution >= 4 is 16.0 Å². The molecule has 2 fully saturated rings. The predicted octanol–water partition coefficient (Wildman–Crippen LogP) is 0.417. The molecular formula is C17H29N5O3S. The number of aryl methyl sites for hydroxylation is 2. The minimum absolute atomic E-state index is 0.139. The molecule has 1 N–H and O–H groups in total. The summed E-state index contributed by atoms with van der Waals surface area (Å²) in [5.74, 6) is 1.49. The summed E-state index contributed by atoms with van der Waals surface area (Å²) in [4.78, 5) is 11.1. The minimum atomic E-state index is -3.47. The number of hydrogen-bond donors (Lipinski definition) is 1. The Morgan fingerprint density at radius 1 is 1.31 bits per heavy atom. The normalized spacial score (nSPS) is 27.6. The van der Waals surface area contributed by atoms with Gasteiger partial charge in [-0.05, 0) is 26.2 Å². The second-order valence-corrected chi connectivity index (χ2v) is 9.66. The summed E-state index contributed by atoms with van der Waals surface area (Å²) in [5.41, 5.74) is 0.276. The standard InChI is InChI=1S/C17H29N5O3S/c1-5-14-10-18-13(2)19-16(14)21-8-6-17(23)7-9-22(12-15(17)11-21)26(24,25)20(3)4/h10,15,23H,5-9,11-12H2,1-4H3/t15-,17-/m0/s1. The molecular weight excluding hydrogens is 354 g/mol. The molecule has 0 bridgehead atoms. The molecule has 0 aromatic carbocycles. The fraction of sp³-hybridized carbons (Fsp3) is 0.765. The molecule has 3 rings (SSSR count). The highest BCUT2D eigenvalue weighted by molar-refractivity contribution is 7.86. The van der Waals surface area contributed by atoms with Gasteiger partial charge in [0.15, 0.2) is 0 Å². The second-order valence-electron chi connectivity index (χ2n) is 7.51. The van der Waals surface area contributed by atoms with Crippen LogP contribution in [0.4, 0.5) is 5.82 Å².